The molecule has 0 spiro atoms. The van der Waals surface area contributed by atoms with E-state index in [1.165, 1.54) is 19.1 Å². The summed E-state index contributed by atoms with van der Waals surface area (Å²) >= 11 is 0. The van der Waals surface area contributed by atoms with Crippen LogP contribution in [0.2, 0.25) is 0 Å². The number of amides is 2. The number of carbonyl (C=O) groups excluding carboxylic acids is 2. The van der Waals surface area contributed by atoms with Gasteiger partial charge in [-0.05, 0) is 42.6 Å². The Bertz CT molecular complexity index is 1400. The predicted molar refractivity (Wildman–Crippen MR) is 138 cm³/mol. The van der Waals surface area contributed by atoms with Crippen LogP contribution in [0.4, 0.5) is 11.4 Å². The Balaban J connectivity index is 1.59. The highest BCUT2D eigenvalue weighted by atomic mass is 16.5. The molecule has 2 amide bonds. The van der Waals surface area contributed by atoms with Crippen LogP contribution in [0.5, 0.6) is 28.7 Å². The number of benzene rings is 4. The van der Waals surface area contributed by atoms with Crippen molar-refractivity contribution in [1.82, 2.24) is 0 Å². The lowest BCUT2D eigenvalue weighted by Crippen LogP contribution is -2.30. The van der Waals surface area contributed by atoms with Gasteiger partial charge >= 0.3 is 0 Å². The first-order valence-electron chi connectivity index (χ1n) is 11.3. The van der Waals surface area contributed by atoms with E-state index in [0.717, 1.165) is 10.8 Å². The van der Waals surface area contributed by atoms with Crippen molar-refractivity contribution in [3.63, 3.8) is 0 Å². The summed E-state index contributed by atoms with van der Waals surface area (Å²) < 4.78 is 17.1. The highest BCUT2D eigenvalue weighted by Crippen LogP contribution is 2.39. The van der Waals surface area contributed by atoms with Gasteiger partial charge in [-0.25, -0.2) is 0 Å². The lowest BCUT2D eigenvalue weighted by molar-refractivity contribution is -0.122. The first kappa shape index (κ1) is 24.4. The Kier molecular flexibility index (Phi) is 7.25. The van der Waals surface area contributed by atoms with E-state index >= 15 is 0 Å². The molecule has 0 aliphatic rings. The highest BCUT2D eigenvalue weighted by Gasteiger charge is 2.20. The van der Waals surface area contributed by atoms with Crippen molar-refractivity contribution < 1.29 is 28.9 Å². The van der Waals surface area contributed by atoms with Gasteiger partial charge in [-0.3, -0.25) is 9.59 Å². The quantitative estimate of drug-likeness (QED) is 0.276. The molecular formula is C28H26N2O6. The average molecular weight is 487 g/mol. The molecule has 0 aliphatic carbocycles. The van der Waals surface area contributed by atoms with E-state index in [2.05, 4.69) is 10.6 Å². The number of phenolic OH excluding ortho intramolecular Hbond substituents is 1. The normalized spacial score (nSPS) is 11.4. The van der Waals surface area contributed by atoms with Crippen LogP contribution in [-0.2, 0) is 9.59 Å². The number of anilines is 2. The highest BCUT2D eigenvalue weighted by molar-refractivity contribution is 5.98. The Morgan fingerprint density at radius 2 is 1.53 bits per heavy atom. The van der Waals surface area contributed by atoms with E-state index in [4.69, 9.17) is 14.2 Å². The molecule has 184 valence electrons. The maximum Gasteiger partial charge on any atom is 0.265 e. The van der Waals surface area contributed by atoms with E-state index in [-0.39, 0.29) is 28.8 Å². The van der Waals surface area contributed by atoms with Crippen molar-refractivity contribution in [1.29, 1.82) is 0 Å². The summed E-state index contributed by atoms with van der Waals surface area (Å²) in [6.07, 6.45) is -0.859. The van der Waals surface area contributed by atoms with Gasteiger partial charge in [0.1, 0.15) is 23.0 Å². The minimum absolute atomic E-state index is 0.143. The van der Waals surface area contributed by atoms with Gasteiger partial charge in [0.25, 0.3) is 5.91 Å². The fourth-order valence-electron chi connectivity index (χ4n) is 3.59. The number of methoxy groups -OCH3 is 1. The van der Waals surface area contributed by atoms with E-state index in [1.807, 2.05) is 36.4 Å². The number of aromatic hydroxyl groups is 1. The van der Waals surface area contributed by atoms with Gasteiger partial charge in [0.05, 0.1) is 18.5 Å². The minimum atomic E-state index is -0.859. The lowest BCUT2D eigenvalue weighted by Gasteiger charge is -2.19. The molecule has 8 nitrogen and oxygen atoms in total. The third kappa shape index (κ3) is 5.67. The largest absolute Gasteiger partial charge is 0.506 e. The Morgan fingerprint density at radius 3 is 2.25 bits per heavy atom. The topological polar surface area (TPSA) is 106 Å². The predicted octanol–water partition coefficient (Wildman–Crippen LogP) is 5.71. The summed E-state index contributed by atoms with van der Waals surface area (Å²) in [5, 5.41) is 17.6. The zero-order valence-corrected chi connectivity index (χ0v) is 20.1. The molecule has 0 aliphatic heterocycles. The molecule has 0 bridgehead atoms. The van der Waals surface area contributed by atoms with Crippen LogP contribution >= 0.6 is 0 Å². The smallest absolute Gasteiger partial charge is 0.265 e. The van der Waals surface area contributed by atoms with Gasteiger partial charge in [-0.2, -0.15) is 0 Å². The molecule has 3 N–H and O–H groups in total. The van der Waals surface area contributed by atoms with E-state index in [1.54, 1.807) is 44.4 Å². The van der Waals surface area contributed by atoms with E-state index < -0.39 is 12.0 Å². The number of fused-ring (bicyclic) bond motifs is 1. The molecule has 8 heteroatoms. The number of hydrogen-bond donors (Lipinski definition) is 3. The van der Waals surface area contributed by atoms with Crippen molar-refractivity contribution >= 4 is 34.0 Å². The first-order valence-corrected chi connectivity index (χ1v) is 11.3. The molecule has 4 aromatic rings. The Morgan fingerprint density at radius 1 is 0.833 bits per heavy atom. The summed E-state index contributed by atoms with van der Waals surface area (Å²) in [7, 11) is 1.56. The van der Waals surface area contributed by atoms with Gasteiger partial charge in [0.2, 0.25) is 5.91 Å². The third-order valence-electron chi connectivity index (χ3n) is 5.38. The zero-order chi connectivity index (χ0) is 25.7. The van der Waals surface area contributed by atoms with Crippen LogP contribution < -0.4 is 24.8 Å². The molecule has 4 rings (SSSR count). The molecule has 0 fully saturated rings. The van der Waals surface area contributed by atoms with E-state index in [9.17, 15) is 14.7 Å². The molecular weight excluding hydrogens is 460 g/mol. The number of carbonyl (C=O) groups is 2. The minimum Gasteiger partial charge on any atom is -0.506 e. The molecule has 1 atom stereocenters. The van der Waals surface area contributed by atoms with Gasteiger partial charge in [-0.15, -0.1) is 0 Å². The number of rotatable bonds is 8. The maximum absolute atomic E-state index is 13.1. The number of phenols is 1. The van der Waals surface area contributed by atoms with Crippen LogP contribution in [0.1, 0.15) is 13.8 Å². The molecule has 0 heterocycles. The standard InChI is InChI=1S/C28H26N2O6/c1-17(35-26-10-6-8-19-7-4-5-9-22(19)26)28(33)30-24-15-25(32)23(29-18(2)31)16-27(24)36-21-13-11-20(34-3)12-14-21/h4-17,32H,1-3H3,(H,29,31)(H,30,33). The van der Waals surface area contributed by atoms with Crippen molar-refractivity contribution in [3.8, 4) is 28.7 Å². The summed E-state index contributed by atoms with van der Waals surface area (Å²) in [6, 6.07) is 23.0. The van der Waals surface area contributed by atoms with Gasteiger partial charge < -0.3 is 30.0 Å². The Hall–Kier alpha value is -4.72. The van der Waals surface area contributed by atoms with Crippen molar-refractivity contribution in [2.24, 2.45) is 0 Å². The van der Waals surface area contributed by atoms with Crippen LogP contribution in [-0.4, -0.2) is 30.1 Å². The Labute approximate surface area is 208 Å². The molecule has 0 saturated heterocycles. The molecule has 36 heavy (non-hydrogen) atoms. The van der Waals surface area contributed by atoms with Crippen LogP contribution in [0, 0.1) is 0 Å². The molecule has 0 radical (unpaired) electrons. The monoisotopic (exact) mass is 486 g/mol. The summed E-state index contributed by atoms with van der Waals surface area (Å²) in [4.78, 5) is 24.6. The van der Waals surface area contributed by atoms with E-state index in [0.29, 0.717) is 17.2 Å². The van der Waals surface area contributed by atoms with Gasteiger partial charge in [0, 0.05) is 24.4 Å². The molecule has 0 saturated carbocycles. The first-order chi connectivity index (χ1) is 17.3. The van der Waals surface area contributed by atoms with Gasteiger partial charge in [0.15, 0.2) is 11.9 Å². The van der Waals surface area contributed by atoms with Crippen LogP contribution in [0.3, 0.4) is 0 Å². The summed E-state index contributed by atoms with van der Waals surface area (Å²) in [6.45, 7) is 2.96. The average Bonchev–Trinajstić information content (AvgIpc) is 2.87. The molecule has 1 unspecified atom stereocenters. The van der Waals surface area contributed by atoms with Crippen LogP contribution in [0.15, 0.2) is 78.9 Å². The van der Waals surface area contributed by atoms with Crippen molar-refractivity contribution in [2.45, 2.75) is 20.0 Å². The fraction of sp³-hybridized carbons (Fsp3) is 0.143. The van der Waals surface area contributed by atoms with Crippen molar-refractivity contribution in [3.05, 3.63) is 78.9 Å². The second-order valence-corrected chi connectivity index (χ2v) is 8.05. The maximum atomic E-state index is 13.1. The molecule has 0 aromatic heterocycles. The number of ether oxygens (including phenoxy) is 3. The van der Waals surface area contributed by atoms with Gasteiger partial charge in [-0.1, -0.05) is 36.4 Å². The second-order valence-electron chi connectivity index (χ2n) is 8.05. The SMILES string of the molecule is COc1ccc(Oc2cc(NC(C)=O)c(O)cc2NC(=O)C(C)Oc2cccc3ccccc23)cc1. The number of hydrogen-bond acceptors (Lipinski definition) is 6. The lowest BCUT2D eigenvalue weighted by atomic mass is 10.1. The number of nitrogens with one attached hydrogen (secondary N) is 2. The summed E-state index contributed by atoms with van der Waals surface area (Å²) in [5.74, 6) is 0.862. The fourth-order valence-corrected chi connectivity index (χ4v) is 3.59. The van der Waals surface area contributed by atoms with Crippen molar-refractivity contribution in [2.75, 3.05) is 17.7 Å². The molecule has 4 aromatic carbocycles. The zero-order valence-electron chi connectivity index (χ0n) is 20.1. The third-order valence-corrected chi connectivity index (χ3v) is 5.38. The summed E-state index contributed by atoms with van der Waals surface area (Å²) in [5.41, 5.74) is 0.347. The van der Waals surface area contributed by atoms with Crippen LogP contribution in [0.25, 0.3) is 10.8 Å². The second kappa shape index (κ2) is 10.7.